The van der Waals surface area contributed by atoms with Crippen molar-refractivity contribution in [3.05, 3.63) is 187 Å². The van der Waals surface area contributed by atoms with Crippen LogP contribution in [0.1, 0.15) is 11.1 Å². The van der Waals surface area contributed by atoms with Crippen molar-refractivity contribution >= 4 is 62.1 Å². The van der Waals surface area contributed by atoms with E-state index >= 15 is 0 Å². The number of furan rings is 1. The molecular weight excluding hydrogens is 673 g/mol. The third-order valence-electron chi connectivity index (χ3n) is 11.2. The average Bonchev–Trinajstić information content (AvgIpc) is 3.54. The van der Waals surface area contributed by atoms with Crippen molar-refractivity contribution < 1.29 is 13.9 Å². The molecule has 9 aromatic rings. The Morgan fingerprint density at radius 2 is 1.15 bits per heavy atom. The summed E-state index contributed by atoms with van der Waals surface area (Å²) < 4.78 is 20.6. The molecule has 0 fully saturated rings. The Bertz CT molecular complexity index is 2940. The van der Waals surface area contributed by atoms with Crippen LogP contribution in [0.15, 0.2) is 180 Å². The van der Waals surface area contributed by atoms with E-state index in [9.17, 15) is 0 Å². The van der Waals surface area contributed by atoms with Gasteiger partial charge < -0.3 is 18.8 Å². The Kier molecular flexibility index (Phi) is 7.21. The number of benzene rings is 8. The molecule has 0 radical (unpaired) electrons. The van der Waals surface area contributed by atoms with Gasteiger partial charge >= 0.3 is 0 Å². The summed E-state index contributed by atoms with van der Waals surface area (Å²) in [4.78, 5) is 2.32. The van der Waals surface area contributed by atoms with E-state index in [0.717, 1.165) is 106 Å². The zero-order valence-corrected chi connectivity index (χ0v) is 30.2. The molecule has 3 heterocycles. The normalized spacial score (nSPS) is 12.6. The topological polar surface area (TPSA) is 34.8 Å². The van der Waals surface area contributed by atoms with Gasteiger partial charge in [-0.1, -0.05) is 133 Å². The molecule has 0 atom stereocenters. The highest BCUT2D eigenvalue weighted by molar-refractivity contribution is 6.97. The summed E-state index contributed by atoms with van der Waals surface area (Å²) in [7, 11) is 0. The maximum absolute atomic E-state index is 7.07. The van der Waals surface area contributed by atoms with Crippen LogP contribution in [0.4, 0.5) is 17.1 Å². The molecular formula is C50H34BNO3. The largest absolute Gasteiger partial charge is 0.489 e. The van der Waals surface area contributed by atoms with E-state index < -0.39 is 0 Å². The molecule has 55 heavy (non-hydrogen) atoms. The molecule has 0 saturated carbocycles. The molecule has 5 heteroatoms. The highest BCUT2D eigenvalue weighted by Gasteiger charge is 2.39. The lowest BCUT2D eigenvalue weighted by atomic mass is 9.35. The van der Waals surface area contributed by atoms with E-state index in [2.05, 4.69) is 176 Å². The maximum atomic E-state index is 7.07. The number of ether oxygens (including phenoxy) is 2. The fourth-order valence-corrected chi connectivity index (χ4v) is 8.59. The van der Waals surface area contributed by atoms with Crippen LogP contribution in [0.2, 0.25) is 0 Å². The summed E-state index contributed by atoms with van der Waals surface area (Å²) in [5.74, 6) is 2.57. The van der Waals surface area contributed by atoms with Crippen LogP contribution in [-0.2, 0) is 6.61 Å². The monoisotopic (exact) mass is 707 g/mol. The summed E-state index contributed by atoms with van der Waals surface area (Å²) in [6.07, 6.45) is 0. The summed E-state index contributed by atoms with van der Waals surface area (Å²) in [6, 6.07) is 62.0. The number of anilines is 3. The first-order chi connectivity index (χ1) is 27.2. The van der Waals surface area contributed by atoms with Gasteiger partial charge in [-0.15, -0.1) is 0 Å². The lowest BCUT2D eigenvalue weighted by Crippen LogP contribution is -2.55. The van der Waals surface area contributed by atoms with E-state index in [4.69, 9.17) is 13.9 Å². The minimum atomic E-state index is -0.0827. The van der Waals surface area contributed by atoms with Crippen molar-refractivity contribution in [1.29, 1.82) is 0 Å². The predicted octanol–water partition coefficient (Wildman–Crippen LogP) is 11.2. The van der Waals surface area contributed by atoms with Gasteiger partial charge in [-0.25, -0.2) is 0 Å². The van der Waals surface area contributed by atoms with Crippen LogP contribution in [0.25, 0.3) is 44.2 Å². The van der Waals surface area contributed by atoms with Crippen LogP contribution in [-0.4, -0.2) is 6.71 Å². The molecule has 0 aliphatic carbocycles. The molecule has 0 unspecified atom stereocenters. The van der Waals surface area contributed by atoms with Crippen molar-refractivity contribution in [2.75, 3.05) is 4.90 Å². The summed E-state index contributed by atoms with van der Waals surface area (Å²) >= 11 is 0. The first-order valence-corrected chi connectivity index (χ1v) is 18.8. The molecule has 0 N–H and O–H groups in total. The number of nitrogens with zero attached hydrogens (tertiary/aromatic N) is 1. The third kappa shape index (κ3) is 5.15. The van der Waals surface area contributed by atoms with Crippen molar-refractivity contribution in [1.82, 2.24) is 0 Å². The second-order valence-corrected chi connectivity index (χ2v) is 14.5. The van der Waals surface area contributed by atoms with E-state index in [0.29, 0.717) is 6.61 Å². The van der Waals surface area contributed by atoms with Gasteiger partial charge in [0.05, 0.1) is 11.4 Å². The molecule has 2 aliphatic heterocycles. The van der Waals surface area contributed by atoms with Crippen molar-refractivity contribution in [3.63, 3.8) is 0 Å². The van der Waals surface area contributed by atoms with Crippen LogP contribution < -0.4 is 30.8 Å². The molecule has 0 spiro atoms. The van der Waals surface area contributed by atoms with Gasteiger partial charge in [0.1, 0.15) is 29.4 Å². The van der Waals surface area contributed by atoms with E-state index in [1.807, 2.05) is 12.1 Å². The van der Waals surface area contributed by atoms with E-state index in [1.165, 1.54) is 0 Å². The molecule has 260 valence electrons. The molecule has 0 saturated heterocycles. The third-order valence-corrected chi connectivity index (χ3v) is 11.2. The van der Waals surface area contributed by atoms with Gasteiger partial charge in [0, 0.05) is 22.5 Å². The van der Waals surface area contributed by atoms with Gasteiger partial charge in [0.25, 0.3) is 6.71 Å². The first-order valence-electron chi connectivity index (χ1n) is 18.8. The molecule has 1 aromatic heterocycles. The molecule has 2 aliphatic rings. The number of fused-ring (bicyclic) bond motifs is 7. The molecule has 0 bridgehead atoms. The standard InChI is InChI=1S/C50H34BNO3/c1-32-13-8-10-20-43(32)52(44-21-12-19-40-39-18-9-11-22-45(39)55-50(40)44)38-27-37-31-53-46-28-35(33-14-4-2-5-15-33)23-25-41(46)51-42-26-24-36(34-16-6-3-7-17-34)29-47(42)54-48(30-38)49(37)51/h2-30H,31H2,1H3. The Balaban J connectivity index is 1.14. The lowest BCUT2D eigenvalue weighted by molar-refractivity contribution is 0.310. The summed E-state index contributed by atoms with van der Waals surface area (Å²) in [5.41, 5.74) is 14.9. The smallest absolute Gasteiger partial charge is 0.256 e. The minimum Gasteiger partial charge on any atom is -0.489 e. The Labute approximate surface area is 319 Å². The molecule has 11 rings (SSSR count). The van der Waals surface area contributed by atoms with Crippen LogP contribution in [0, 0.1) is 6.92 Å². The molecule has 4 nitrogen and oxygen atoms in total. The minimum absolute atomic E-state index is 0.0827. The van der Waals surface area contributed by atoms with Crippen LogP contribution in [0.5, 0.6) is 17.2 Å². The molecule has 0 amide bonds. The number of aryl methyl sites for hydroxylation is 1. The quantitative estimate of drug-likeness (QED) is 0.167. The van der Waals surface area contributed by atoms with Crippen LogP contribution >= 0.6 is 0 Å². The second-order valence-electron chi connectivity index (χ2n) is 14.5. The summed E-state index contributed by atoms with van der Waals surface area (Å²) in [6.45, 7) is 2.47. The van der Waals surface area contributed by atoms with Gasteiger partial charge in [0.2, 0.25) is 0 Å². The number of para-hydroxylation sites is 3. The molecule has 8 aromatic carbocycles. The number of hydrogen-bond acceptors (Lipinski definition) is 4. The highest BCUT2D eigenvalue weighted by Crippen LogP contribution is 2.45. The Hall–Kier alpha value is -6.98. The van der Waals surface area contributed by atoms with Crippen molar-refractivity contribution in [3.8, 4) is 39.5 Å². The fourth-order valence-electron chi connectivity index (χ4n) is 8.59. The van der Waals surface area contributed by atoms with E-state index in [1.54, 1.807) is 0 Å². The predicted molar refractivity (Wildman–Crippen MR) is 226 cm³/mol. The van der Waals surface area contributed by atoms with Crippen molar-refractivity contribution in [2.24, 2.45) is 0 Å². The van der Waals surface area contributed by atoms with Gasteiger partial charge in [-0.05, 0) is 93.1 Å². The number of rotatable bonds is 5. The Morgan fingerprint density at radius 3 is 1.91 bits per heavy atom. The lowest BCUT2D eigenvalue weighted by Gasteiger charge is -2.32. The van der Waals surface area contributed by atoms with Crippen molar-refractivity contribution in [2.45, 2.75) is 13.5 Å². The fraction of sp³-hybridized carbons (Fsp3) is 0.0400. The Morgan fingerprint density at radius 1 is 0.509 bits per heavy atom. The SMILES string of the molecule is Cc1ccccc1N(c1cc2c3c(c1)Oc1cc(-c4ccccc4)ccc1B3c1ccc(-c3ccccc3)cc1OC2)c1cccc2c1oc1ccccc12. The van der Waals surface area contributed by atoms with Gasteiger partial charge in [-0.3, -0.25) is 0 Å². The maximum Gasteiger partial charge on any atom is 0.256 e. The zero-order valence-electron chi connectivity index (χ0n) is 30.2. The first kappa shape index (κ1) is 31.5. The van der Waals surface area contributed by atoms with Gasteiger partial charge in [-0.2, -0.15) is 0 Å². The summed E-state index contributed by atoms with van der Waals surface area (Å²) in [5, 5.41) is 2.17. The number of hydrogen-bond donors (Lipinski definition) is 0. The highest BCUT2D eigenvalue weighted by atomic mass is 16.5. The second kappa shape index (κ2) is 12.6. The zero-order chi connectivity index (χ0) is 36.5. The van der Waals surface area contributed by atoms with E-state index in [-0.39, 0.29) is 6.71 Å². The van der Waals surface area contributed by atoms with Gasteiger partial charge in [0.15, 0.2) is 5.58 Å². The average molecular weight is 708 g/mol. The van der Waals surface area contributed by atoms with Crippen LogP contribution in [0.3, 0.4) is 0 Å².